The zero-order valence-corrected chi connectivity index (χ0v) is 60.6. The zero-order chi connectivity index (χ0) is 68.9. The number of nitrogens with zero attached hydrogens (tertiary/aromatic N) is 13. The van der Waals surface area contributed by atoms with E-state index in [0.717, 1.165) is 122 Å². The van der Waals surface area contributed by atoms with Gasteiger partial charge in [0.2, 0.25) is 35.5 Å². The number of imide groups is 4. The first-order valence-electron chi connectivity index (χ1n) is 34.7. The van der Waals surface area contributed by atoms with Gasteiger partial charge in [0.25, 0.3) is 23.6 Å². The molecule has 4 aliphatic heterocycles. The summed E-state index contributed by atoms with van der Waals surface area (Å²) in [5.74, 6) is -0.476. The van der Waals surface area contributed by atoms with E-state index in [1.165, 1.54) is 32.4 Å². The minimum Gasteiger partial charge on any atom is -0.344 e. The van der Waals surface area contributed by atoms with Crippen LogP contribution in [0.1, 0.15) is 259 Å². The Morgan fingerprint density at radius 1 is 0.387 bits per heavy atom. The Hall–Kier alpha value is -5.07. The first-order valence-corrected chi connectivity index (χ1v) is 34.7. The van der Waals surface area contributed by atoms with Gasteiger partial charge in [0.15, 0.2) is 0 Å². The Morgan fingerprint density at radius 2 is 0.667 bits per heavy atom. The Labute approximate surface area is 559 Å². The van der Waals surface area contributed by atoms with Crippen LogP contribution >= 0.6 is 0 Å². The quantitative estimate of drug-likeness (QED) is 0.0621. The highest BCUT2D eigenvalue weighted by atomic mass is 16.7. The minimum absolute atomic E-state index is 0. The molecule has 0 atom stereocenters. The minimum atomic E-state index is -0.911. The van der Waals surface area contributed by atoms with E-state index in [2.05, 4.69) is 16.9 Å². The van der Waals surface area contributed by atoms with Crippen molar-refractivity contribution >= 4 is 59.2 Å². The van der Waals surface area contributed by atoms with Crippen molar-refractivity contribution in [2.24, 2.45) is 0 Å². The molecule has 6 aliphatic rings. The monoisotopic (exact) mass is 1310 g/mol. The topological polar surface area (TPSA) is 226 Å². The van der Waals surface area contributed by atoms with Gasteiger partial charge in [0, 0.05) is 52.9 Å². The number of hydrogen-bond donors (Lipinski definition) is 0. The number of hydrogen-bond acceptors (Lipinski definition) is 19. The molecule has 1 aromatic rings. The van der Waals surface area contributed by atoms with Crippen LogP contribution in [0.3, 0.4) is 0 Å². The second kappa shape index (κ2) is 31.0. The fourth-order valence-electron chi connectivity index (χ4n) is 14.3. The molecule has 2 saturated carbocycles. The highest BCUT2D eigenvalue weighted by Crippen LogP contribution is 2.40. The first-order chi connectivity index (χ1) is 42.7. The second-order valence-corrected chi connectivity index (χ2v) is 31.0. The molecule has 1 aromatic heterocycles. The number of anilines is 2. The third kappa shape index (κ3) is 16.7. The molecule has 23 nitrogen and oxygen atoms in total. The van der Waals surface area contributed by atoms with E-state index in [4.69, 9.17) is 14.7 Å². The van der Waals surface area contributed by atoms with Crippen molar-refractivity contribution in [3.63, 3.8) is 0 Å². The molecular formula is C70H123N13O10. The lowest BCUT2D eigenvalue weighted by atomic mass is 9.87. The Kier molecular flexibility index (Phi) is 26.2. The van der Waals surface area contributed by atoms with Gasteiger partial charge in [0.05, 0.1) is 34.4 Å². The predicted octanol–water partition coefficient (Wildman–Crippen LogP) is 9.67. The molecule has 23 heteroatoms. The van der Waals surface area contributed by atoms with Crippen molar-refractivity contribution in [2.75, 3.05) is 76.8 Å². The molecule has 0 radical (unpaired) electrons. The SMILES string of the molecule is C.CC1(C)C(=O)N(CCCCCCCCCCN2C(=O)C(C)(C)N(OC3CCCCC3)C(C)(C)C2=O)C(=O)C(C)(C)N1OC1CCCCC1.CCCCN(C)c1nc(C)nc(N(CCN2C(=O)C(C)(C)N(C)C(C)(C)C2=O)CCN2C(=O)C(C)(C)N(C)C(C)(C)C2=O)n1. The summed E-state index contributed by atoms with van der Waals surface area (Å²) in [5.41, 5.74) is -7.21. The molecule has 0 N–H and O–H groups in total. The summed E-state index contributed by atoms with van der Waals surface area (Å²) < 4.78 is 0. The molecular weight excluding hydrogens is 1180 g/mol. The first kappa shape index (κ1) is 78.6. The van der Waals surface area contributed by atoms with E-state index in [-0.39, 0.29) is 93.1 Å². The lowest BCUT2D eigenvalue weighted by Gasteiger charge is -2.53. The van der Waals surface area contributed by atoms with E-state index in [0.29, 0.717) is 30.8 Å². The number of hydroxylamine groups is 4. The fourth-order valence-corrected chi connectivity index (χ4v) is 14.3. The number of likely N-dealkylation sites (N-methyl/N-ethyl adjacent to an activating group) is 2. The Morgan fingerprint density at radius 3 is 0.978 bits per heavy atom. The maximum atomic E-state index is 13.6. The fraction of sp³-hybridized carbons (Fsp3) is 0.843. The molecule has 7 rings (SSSR count). The summed E-state index contributed by atoms with van der Waals surface area (Å²) in [4.78, 5) is 148. The zero-order valence-electron chi connectivity index (χ0n) is 60.6. The molecule has 0 bridgehead atoms. The molecule has 0 aromatic carbocycles. The normalized spacial score (nSPS) is 23.5. The highest BCUT2D eigenvalue weighted by Gasteiger charge is 2.60. The molecule has 0 unspecified atom stereocenters. The smallest absolute Gasteiger partial charge is 0.251 e. The molecule has 528 valence electrons. The Bertz CT molecular complexity index is 2540. The number of carbonyl (C=O) groups is 8. The third-order valence-electron chi connectivity index (χ3n) is 21.0. The van der Waals surface area contributed by atoms with E-state index < -0.39 is 44.3 Å². The summed E-state index contributed by atoms with van der Waals surface area (Å²) in [6.07, 6.45) is 20.7. The van der Waals surface area contributed by atoms with Crippen LogP contribution in [0.2, 0.25) is 0 Å². The maximum absolute atomic E-state index is 13.6. The summed E-state index contributed by atoms with van der Waals surface area (Å²) >= 11 is 0. The van der Waals surface area contributed by atoms with E-state index in [9.17, 15) is 38.4 Å². The second-order valence-electron chi connectivity index (χ2n) is 31.0. The summed E-state index contributed by atoms with van der Waals surface area (Å²) in [7, 11) is 5.50. The third-order valence-corrected chi connectivity index (χ3v) is 21.0. The van der Waals surface area contributed by atoms with Crippen molar-refractivity contribution in [3.05, 3.63) is 5.82 Å². The van der Waals surface area contributed by atoms with Crippen LogP contribution in [-0.2, 0) is 48.0 Å². The van der Waals surface area contributed by atoms with Crippen LogP contribution < -0.4 is 9.80 Å². The van der Waals surface area contributed by atoms with Crippen molar-refractivity contribution in [3.8, 4) is 0 Å². The average molecular weight is 1310 g/mol. The molecule has 0 spiro atoms. The van der Waals surface area contributed by atoms with E-state index >= 15 is 0 Å². The van der Waals surface area contributed by atoms with Crippen LogP contribution in [0, 0.1) is 6.92 Å². The van der Waals surface area contributed by atoms with Gasteiger partial charge in [0.1, 0.15) is 28.0 Å². The van der Waals surface area contributed by atoms with Crippen LogP contribution in [0.4, 0.5) is 11.9 Å². The van der Waals surface area contributed by atoms with Gasteiger partial charge in [-0.1, -0.05) is 97.8 Å². The molecule has 2 aliphatic carbocycles. The summed E-state index contributed by atoms with van der Waals surface area (Å²) in [5, 5.41) is 3.38. The van der Waals surface area contributed by atoms with E-state index in [1.54, 1.807) is 40.9 Å². The largest absolute Gasteiger partial charge is 0.344 e. The van der Waals surface area contributed by atoms with Gasteiger partial charge >= 0.3 is 0 Å². The van der Waals surface area contributed by atoms with Crippen molar-refractivity contribution in [2.45, 2.75) is 317 Å². The lowest BCUT2D eigenvalue weighted by molar-refractivity contribution is -0.295. The number of aryl methyl sites for hydroxylation is 1. The van der Waals surface area contributed by atoms with Crippen LogP contribution in [-0.4, -0.2) is 225 Å². The average Bonchev–Trinajstić information content (AvgIpc) is 0.760. The standard InChI is InChI=1S/C38H66N4O6.C31H53N9O4.CH4/c1-35(2)31(43)39(32(44)36(3,4)41(35)47-29-23-17-15-18-24-29)27-21-13-11-9-10-12-14-22-28-40-33(45)37(5,6)42(38(7,8)34(40)46)48-30-25-19-16-20-26-30;1-14-15-16-35(11)26-32-21(2)33-27(34-26)38(17-19-39-22(41)28(3,4)36(12)29(5,6)23(39)42)18-20-40-24(43)30(7,8)37(13)31(9,10)25(40)44;/h29-30H,9-28H2,1-8H3;14-20H2,1-13H3;1H4. The molecule has 4 saturated heterocycles. The number of unbranched alkanes of at least 4 members (excludes halogenated alkanes) is 8. The van der Waals surface area contributed by atoms with Crippen LogP contribution in [0.15, 0.2) is 0 Å². The molecule has 5 heterocycles. The van der Waals surface area contributed by atoms with Crippen molar-refractivity contribution in [1.82, 2.24) is 54.5 Å². The number of aromatic nitrogens is 3. The molecule has 8 amide bonds. The van der Waals surface area contributed by atoms with Crippen LogP contribution in [0.5, 0.6) is 0 Å². The number of amides is 8. The van der Waals surface area contributed by atoms with Crippen LogP contribution in [0.25, 0.3) is 0 Å². The maximum Gasteiger partial charge on any atom is 0.251 e. The van der Waals surface area contributed by atoms with Gasteiger partial charge in [-0.3, -0.25) is 77.4 Å². The molecule has 93 heavy (non-hydrogen) atoms. The number of rotatable bonds is 26. The van der Waals surface area contributed by atoms with Crippen molar-refractivity contribution in [1.29, 1.82) is 0 Å². The van der Waals surface area contributed by atoms with E-state index in [1.807, 2.05) is 128 Å². The van der Waals surface area contributed by atoms with Gasteiger partial charge in [-0.15, -0.1) is 0 Å². The number of carbonyl (C=O) groups excluding carboxylic acids is 8. The lowest BCUT2D eigenvalue weighted by Crippen LogP contribution is -2.74. The van der Waals surface area contributed by atoms with Crippen molar-refractivity contribution < 1.29 is 48.0 Å². The Balaban J connectivity index is 0.000000335. The predicted molar refractivity (Wildman–Crippen MR) is 363 cm³/mol. The van der Waals surface area contributed by atoms with Gasteiger partial charge in [-0.2, -0.15) is 25.1 Å². The molecule has 6 fully saturated rings. The van der Waals surface area contributed by atoms with Gasteiger partial charge in [-0.05, 0) is 177 Å². The number of piperazine rings is 4. The summed E-state index contributed by atoms with van der Waals surface area (Å²) in [6, 6.07) is 0. The van der Waals surface area contributed by atoms with Gasteiger partial charge < -0.3 is 9.80 Å². The summed E-state index contributed by atoms with van der Waals surface area (Å²) in [6.45, 7) is 35.7. The highest BCUT2D eigenvalue weighted by molar-refractivity contribution is 6.08. The van der Waals surface area contributed by atoms with Gasteiger partial charge in [-0.25, -0.2) is 0 Å².